The number of hydrogen-bond donors (Lipinski definition) is 1. The summed E-state index contributed by atoms with van der Waals surface area (Å²) in [6.45, 7) is 3.19. The largest absolute Gasteiger partial charge is 0.484 e. The first-order chi connectivity index (χ1) is 20.9. The summed E-state index contributed by atoms with van der Waals surface area (Å²) in [7, 11) is 0. The van der Waals surface area contributed by atoms with Crippen molar-refractivity contribution in [3.63, 3.8) is 0 Å². The van der Waals surface area contributed by atoms with Crippen LogP contribution in [-0.2, 0) is 24.4 Å². The van der Waals surface area contributed by atoms with Gasteiger partial charge in [-0.3, -0.25) is 4.90 Å². The number of benzene rings is 2. The van der Waals surface area contributed by atoms with Gasteiger partial charge in [0, 0.05) is 31.3 Å². The Morgan fingerprint density at radius 2 is 1.88 bits per heavy atom. The third-order valence-electron chi connectivity index (χ3n) is 7.80. The van der Waals surface area contributed by atoms with Crippen LogP contribution in [0, 0.1) is 24.0 Å². The second-order valence-electron chi connectivity index (χ2n) is 10.7. The molecule has 0 spiro atoms. The number of fused-ring (bicyclic) bond motifs is 1. The molecule has 4 aromatic rings. The van der Waals surface area contributed by atoms with Crippen LogP contribution in [0.15, 0.2) is 48.5 Å². The van der Waals surface area contributed by atoms with Gasteiger partial charge in [0.2, 0.25) is 5.88 Å². The van der Waals surface area contributed by atoms with Crippen molar-refractivity contribution in [2.24, 2.45) is 0 Å². The fraction of sp³-hybridized carbons (Fsp3) is 0.344. The minimum Gasteiger partial charge on any atom is -0.484 e. The minimum absolute atomic E-state index is 0.00997. The number of ether oxygens (including phenoxy) is 3. The Labute approximate surface area is 247 Å². The molecule has 2 aliphatic heterocycles. The summed E-state index contributed by atoms with van der Waals surface area (Å²) < 4.78 is 47.9. The van der Waals surface area contributed by atoms with Crippen LogP contribution in [0.1, 0.15) is 46.7 Å². The molecule has 9 nitrogen and oxygen atoms in total. The van der Waals surface area contributed by atoms with Gasteiger partial charge < -0.3 is 23.9 Å². The number of rotatable bonds is 10. The van der Waals surface area contributed by atoms with E-state index in [4.69, 9.17) is 25.6 Å². The minimum atomic E-state index is -0.974. The van der Waals surface area contributed by atoms with Crippen LogP contribution in [0.5, 0.6) is 11.6 Å². The maximum Gasteiger partial charge on any atom is 0.335 e. The Bertz CT molecular complexity index is 1690. The summed E-state index contributed by atoms with van der Waals surface area (Å²) in [4.78, 5) is 23.0. The molecule has 0 aliphatic carbocycles. The molecule has 6 rings (SSSR count). The number of hydrogen-bond acceptors (Lipinski definition) is 7. The molecule has 4 heterocycles. The Balaban J connectivity index is 1.07. The average Bonchev–Trinajstić information content (AvgIpc) is 3.32. The van der Waals surface area contributed by atoms with Gasteiger partial charge in [-0.05, 0) is 61.7 Å². The number of nitrogens with zero attached hydrogens (tertiary/aromatic N) is 4. The molecule has 0 bridgehead atoms. The van der Waals surface area contributed by atoms with Crippen molar-refractivity contribution in [2.75, 3.05) is 19.7 Å². The number of halogens is 2. The topological polar surface area (TPSA) is 98.9 Å². The van der Waals surface area contributed by atoms with Gasteiger partial charge in [-0.1, -0.05) is 5.92 Å². The average molecular weight is 589 g/mol. The van der Waals surface area contributed by atoms with Crippen molar-refractivity contribution >= 4 is 17.0 Å². The lowest BCUT2D eigenvalue weighted by Gasteiger charge is -2.32. The molecular formula is C32H30F2N4O5. The summed E-state index contributed by atoms with van der Waals surface area (Å²) in [6, 6.07) is 11.9. The zero-order chi connectivity index (χ0) is 29.9. The number of piperidine rings is 1. The maximum absolute atomic E-state index is 14.4. The SMILES string of the molecule is C#Cc1ccc(OCc2nc(OC3CCN(Cc4nc5ccc(C(=O)O)cc5n4C[C@@H]4CCO4)CC3)ccc2F)c(F)c1. The zero-order valence-corrected chi connectivity index (χ0v) is 23.3. The molecule has 2 aliphatic rings. The van der Waals surface area contributed by atoms with Crippen molar-refractivity contribution in [1.29, 1.82) is 0 Å². The molecule has 2 fully saturated rings. The Hall–Kier alpha value is -4.53. The second-order valence-corrected chi connectivity index (χ2v) is 10.7. The van der Waals surface area contributed by atoms with E-state index in [0.29, 0.717) is 18.7 Å². The van der Waals surface area contributed by atoms with E-state index in [0.717, 1.165) is 55.8 Å². The van der Waals surface area contributed by atoms with Crippen molar-refractivity contribution in [1.82, 2.24) is 19.4 Å². The number of aromatic carboxylic acids is 1. The molecule has 0 unspecified atom stereocenters. The molecular weight excluding hydrogens is 558 g/mol. The number of imidazole rings is 1. The molecule has 2 saturated heterocycles. The number of carbonyl (C=O) groups is 1. The van der Waals surface area contributed by atoms with Crippen LogP contribution in [0.4, 0.5) is 8.78 Å². The summed E-state index contributed by atoms with van der Waals surface area (Å²) in [6.07, 6.45) is 7.68. The van der Waals surface area contributed by atoms with Crippen molar-refractivity contribution < 1.29 is 32.9 Å². The fourth-order valence-corrected chi connectivity index (χ4v) is 5.30. The molecule has 11 heteroatoms. The second kappa shape index (κ2) is 12.4. The van der Waals surface area contributed by atoms with Crippen LogP contribution in [-0.4, -0.2) is 62.4 Å². The molecule has 1 atom stereocenters. The summed E-state index contributed by atoms with van der Waals surface area (Å²) in [5.74, 6) is 1.26. The summed E-state index contributed by atoms with van der Waals surface area (Å²) in [5, 5.41) is 9.48. The number of aromatic nitrogens is 3. The van der Waals surface area contributed by atoms with Crippen LogP contribution < -0.4 is 9.47 Å². The first-order valence-corrected chi connectivity index (χ1v) is 14.1. The molecule has 222 valence electrons. The van der Waals surface area contributed by atoms with Crippen LogP contribution in [0.25, 0.3) is 11.0 Å². The third kappa shape index (κ3) is 6.45. The van der Waals surface area contributed by atoms with Crippen LogP contribution in [0.2, 0.25) is 0 Å². The third-order valence-corrected chi connectivity index (χ3v) is 7.80. The van der Waals surface area contributed by atoms with Gasteiger partial charge in [0.25, 0.3) is 0 Å². The smallest absolute Gasteiger partial charge is 0.335 e. The highest BCUT2D eigenvalue weighted by Crippen LogP contribution is 2.26. The first-order valence-electron chi connectivity index (χ1n) is 14.1. The van der Waals surface area contributed by atoms with Crippen molar-refractivity contribution in [2.45, 2.75) is 51.2 Å². The predicted octanol–water partition coefficient (Wildman–Crippen LogP) is 4.80. The van der Waals surface area contributed by atoms with Crippen LogP contribution >= 0.6 is 0 Å². The van der Waals surface area contributed by atoms with Crippen molar-refractivity contribution in [3.05, 3.63) is 82.8 Å². The van der Waals surface area contributed by atoms with Gasteiger partial charge in [-0.15, -0.1) is 6.42 Å². The van der Waals surface area contributed by atoms with Gasteiger partial charge in [0.15, 0.2) is 11.6 Å². The van der Waals surface area contributed by atoms with Gasteiger partial charge >= 0.3 is 5.97 Å². The molecule has 0 radical (unpaired) electrons. The normalized spacial score (nSPS) is 17.4. The van der Waals surface area contributed by atoms with E-state index in [-0.39, 0.29) is 41.7 Å². The van der Waals surface area contributed by atoms with E-state index in [1.54, 1.807) is 24.3 Å². The molecule has 1 N–H and O–H groups in total. The molecule has 2 aromatic carbocycles. The summed E-state index contributed by atoms with van der Waals surface area (Å²) >= 11 is 0. The predicted molar refractivity (Wildman–Crippen MR) is 153 cm³/mol. The lowest BCUT2D eigenvalue weighted by molar-refractivity contribution is -0.0592. The van der Waals surface area contributed by atoms with E-state index in [9.17, 15) is 18.7 Å². The fourth-order valence-electron chi connectivity index (χ4n) is 5.30. The van der Waals surface area contributed by atoms with E-state index in [2.05, 4.69) is 20.4 Å². The zero-order valence-electron chi connectivity index (χ0n) is 23.3. The lowest BCUT2D eigenvalue weighted by atomic mass is 10.1. The number of carboxylic acid groups (broad SMARTS) is 1. The number of pyridine rings is 1. The number of likely N-dealkylation sites (tertiary alicyclic amines) is 1. The molecule has 0 saturated carbocycles. The van der Waals surface area contributed by atoms with Gasteiger partial charge in [-0.2, -0.15) is 0 Å². The molecule has 43 heavy (non-hydrogen) atoms. The Kier molecular flexibility index (Phi) is 8.22. The van der Waals surface area contributed by atoms with Crippen molar-refractivity contribution in [3.8, 4) is 24.0 Å². The quantitative estimate of drug-likeness (QED) is 0.264. The highest BCUT2D eigenvalue weighted by molar-refractivity contribution is 5.92. The number of carboxylic acids is 1. The van der Waals surface area contributed by atoms with E-state index in [1.165, 1.54) is 24.3 Å². The highest BCUT2D eigenvalue weighted by Gasteiger charge is 2.26. The Morgan fingerprint density at radius 1 is 1.07 bits per heavy atom. The summed E-state index contributed by atoms with van der Waals surface area (Å²) in [5.41, 5.74) is 2.16. The standard InChI is InChI=1S/C32H30F2N4O5/c1-2-20-3-7-29(25(34)15-20)42-19-27-24(33)5-8-31(36-27)43-22-9-12-37(13-10-22)18-30-35-26-6-4-21(32(39)40)16-28(26)38(30)17-23-11-14-41-23/h1,3-8,15-16,22-23H,9-14,17-19H2,(H,39,40)/t23-/m0/s1. The van der Waals surface area contributed by atoms with Gasteiger partial charge in [-0.25, -0.2) is 23.5 Å². The highest BCUT2D eigenvalue weighted by atomic mass is 19.1. The Morgan fingerprint density at radius 3 is 2.58 bits per heavy atom. The van der Waals surface area contributed by atoms with E-state index >= 15 is 0 Å². The lowest BCUT2D eigenvalue weighted by Crippen LogP contribution is -2.39. The van der Waals surface area contributed by atoms with Crippen LogP contribution in [0.3, 0.4) is 0 Å². The monoisotopic (exact) mass is 588 g/mol. The maximum atomic E-state index is 14.4. The van der Waals surface area contributed by atoms with E-state index in [1.807, 2.05) is 0 Å². The molecule has 0 amide bonds. The number of terminal acetylenes is 1. The van der Waals surface area contributed by atoms with E-state index < -0.39 is 17.6 Å². The first kappa shape index (κ1) is 28.6. The van der Waals surface area contributed by atoms with Gasteiger partial charge in [0.05, 0.1) is 35.8 Å². The van der Waals surface area contributed by atoms with Gasteiger partial charge in [0.1, 0.15) is 30.0 Å². The molecule has 2 aromatic heterocycles.